The Balaban J connectivity index is 0.000000405. The summed E-state index contributed by atoms with van der Waals surface area (Å²) < 4.78 is 49.8. The molecule has 0 aliphatic carbocycles. The first-order valence-electron chi connectivity index (χ1n) is 11.9. The van der Waals surface area contributed by atoms with Crippen molar-refractivity contribution >= 4 is 11.9 Å². The maximum Gasteiger partial charge on any atom is 0.490 e. The molecule has 37 heavy (non-hydrogen) atoms. The van der Waals surface area contributed by atoms with Crippen LogP contribution in [0.4, 0.5) is 13.2 Å². The molecule has 1 spiro atoms. The normalized spacial score (nSPS) is 19.6. The zero-order valence-corrected chi connectivity index (χ0v) is 20.0. The second kappa shape index (κ2) is 10.9. The van der Waals surface area contributed by atoms with Crippen LogP contribution in [0.5, 0.6) is 17.2 Å². The monoisotopic (exact) mass is 523 g/mol. The van der Waals surface area contributed by atoms with Crippen molar-refractivity contribution in [2.24, 2.45) is 0 Å². The van der Waals surface area contributed by atoms with E-state index in [2.05, 4.69) is 17.0 Å². The Hall–Kier alpha value is -3.47. The summed E-state index contributed by atoms with van der Waals surface area (Å²) in [6, 6.07) is 14.3. The van der Waals surface area contributed by atoms with Gasteiger partial charge in [-0.15, -0.1) is 0 Å². The Kier molecular flexibility index (Phi) is 7.82. The molecule has 1 unspecified atom stereocenters. The number of likely N-dealkylation sites (tertiary alicyclic amines) is 1. The molecule has 1 atom stereocenters. The van der Waals surface area contributed by atoms with Crippen LogP contribution in [0.15, 0.2) is 42.5 Å². The molecule has 1 saturated heterocycles. The first kappa shape index (κ1) is 26.6. The van der Waals surface area contributed by atoms with Crippen LogP contribution < -0.4 is 14.2 Å². The third kappa shape index (κ3) is 6.46. The molecule has 200 valence electrons. The Morgan fingerprint density at radius 2 is 1.78 bits per heavy atom. The molecule has 8 nitrogen and oxygen atoms in total. The van der Waals surface area contributed by atoms with Gasteiger partial charge in [-0.3, -0.25) is 4.79 Å². The summed E-state index contributed by atoms with van der Waals surface area (Å²) >= 11 is 0. The molecule has 0 amide bonds. The number of piperidine rings is 1. The molecule has 5 rings (SSSR count). The van der Waals surface area contributed by atoms with Crippen LogP contribution in [0.25, 0.3) is 0 Å². The highest BCUT2D eigenvalue weighted by Crippen LogP contribution is 2.46. The highest BCUT2D eigenvalue weighted by molar-refractivity contribution is 5.73. The van der Waals surface area contributed by atoms with Gasteiger partial charge in [0.25, 0.3) is 0 Å². The Bertz CT molecular complexity index is 1100. The zero-order chi connectivity index (χ0) is 26.6. The van der Waals surface area contributed by atoms with Crippen LogP contribution >= 0.6 is 0 Å². The van der Waals surface area contributed by atoms with Crippen LogP contribution in [0.2, 0.25) is 0 Å². The van der Waals surface area contributed by atoms with Crippen molar-refractivity contribution < 1.29 is 47.2 Å². The number of carboxylic acid groups (broad SMARTS) is 2. The van der Waals surface area contributed by atoms with Gasteiger partial charge in [0.15, 0.2) is 0 Å². The summed E-state index contributed by atoms with van der Waals surface area (Å²) in [4.78, 5) is 22.0. The summed E-state index contributed by atoms with van der Waals surface area (Å²) in [5.41, 5.74) is 2.54. The van der Waals surface area contributed by atoms with E-state index < -0.39 is 18.1 Å². The Morgan fingerprint density at radius 3 is 2.43 bits per heavy atom. The highest BCUT2D eigenvalue weighted by atomic mass is 19.4. The number of halogens is 3. The lowest BCUT2D eigenvalue weighted by Gasteiger charge is -2.38. The summed E-state index contributed by atoms with van der Waals surface area (Å²) in [5, 5.41) is 16.0. The fraction of sp³-hybridized carbons (Fsp3) is 0.462. The molecule has 2 aromatic rings. The number of rotatable bonds is 6. The van der Waals surface area contributed by atoms with E-state index in [-0.39, 0.29) is 17.9 Å². The fourth-order valence-corrected chi connectivity index (χ4v) is 4.85. The largest absolute Gasteiger partial charge is 0.492 e. The number of aliphatic carboxylic acids is 2. The molecule has 1 fully saturated rings. The van der Waals surface area contributed by atoms with Gasteiger partial charge in [0.2, 0.25) is 0 Å². The minimum atomic E-state index is -5.08. The van der Waals surface area contributed by atoms with Crippen molar-refractivity contribution in [3.63, 3.8) is 0 Å². The summed E-state index contributed by atoms with van der Waals surface area (Å²) in [7, 11) is 0. The van der Waals surface area contributed by atoms with E-state index in [4.69, 9.17) is 29.2 Å². The van der Waals surface area contributed by atoms with Gasteiger partial charge in [0.1, 0.15) is 30.0 Å². The highest BCUT2D eigenvalue weighted by Gasteiger charge is 2.43. The van der Waals surface area contributed by atoms with Gasteiger partial charge >= 0.3 is 18.1 Å². The third-order valence-electron chi connectivity index (χ3n) is 6.88. The molecule has 3 heterocycles. The number of fused-ring (bicyclic) bond motifs is 3. The molecule has 2 N–H and O–H groups in total. The lowest BCUT2D eigenvalue weighted by molar-refractivity contribution is -0.192. The number of hydrogen-bond donors (Lipinski definition) is 2. The van der Waals surface area contributed by atoms with Crippen molar-refractivity contribution in [3.05, 3.63) is 53.6 Å². The van der Waals surface area contributed by atoms with Crippen molar-refractivity contribution in [1.29, 1.82) is 0 Å². The number of alkyl halides is 3. The molecular weight excluding hydrogens is 495 g/mol. The predicted molar refractivity (Wildman–Crippen MR) is 125 cm³/mol. The SMILES string of the molecule is O=C(O)C(F)(F)F.O=C(O)CCN1CCC2(CC1)COc1cc(OCC3Cc4ccccc4O3)ccc12. The van der Waals surface area contributed by atoms with Gasteiger partial charge < -0.3 is 29.3 Å². The second-order valence-corrected chi connectivity index (χ2v) is 9.38. The van der Waals surface area contributed by atoms with Crippen molar-refractivity contribution in [3.8, 4) is 17.2 Å². The summed E-state index contributed by atoms with van der Waals surface area (Å²) in [6.07, 6.45) is -1.98. The second-order valence-electron chi connectivity index (χ2n) is 9.38. The van der Waals surface area contributed by atoms with Crippen molar-refractivity contribution in [1.82, 2.24) is 4.90 Å². The smallest absolute Gasteiger partial charge is 0.490 e. The molecule has 0 aromatic heterocycles. The molecule has 0 saturated carbocycles. The molecule has 3 aliphatic rings. The predicted octanol–water partition coefficient (Wildman–Crippen LogP) is 3.90. The lowest BCUT2D eigenvalue weighted by atomic mass is 9.74. The third-order valence-corrected chi connectivity index (χ3v) is 6.88. The van der Waals surface area contributed by atoms with Gasteiger partial charge in [-0.05, 0) is 43.6 Å². The number of para-hydroxylation sites is 1. The number of ether oxygens (including phenoxy) is 3. The van der Waals surface area contributed by atoms with Crippen LogP contribution in [-0.4, -0.2) is 72.2 Å². The minimum absolute atomic E-state index is 0.0399. The average molecular weight is 524 g/mol. The molecular formula is C26H28F3NO7. The minimum Gasteiger partial charge on any atom is -0.492 e. The van der Waals surface area contributed by atoms with Gasteiger partial charge in [-0.2, -0.15) is 13.2 Å². The van der Waals surface area contributed by atoms with Crippen LogP contribution in [0.1, 0.15) is 30.4 Å². The fourth-order valence-electron chi connectivity index (χ4n) is 4.85. The quantitative estimate of drug-likeness (QED) is 0.588. The molecule has 2 aromatic carbocycles. The van der Waals surface area contributed by atoms with E-state index in [9.17, 15) is 18.0 Å². The first-order chi connectivity index (χ1) is 17.6. The van der Waals surface area contributed by atoms with E-state index >= 15 is 0 Å². The van der Waals surface area contributed by atoms with Crippen LogP contribution in [-0.2, 0) is 21.4 Å². The Morgan fingerprint density at radius 1 is 1.08 bits per heavy atom. The van der Waals surface area contributed by atoms with Crippen molar-refractivity contribution in [2.45, 2.75) is 43.4 Å². The van der Waals surface area contributed by atoms with E-state index in [1.54, 1.807) is 0 Å². The van der Waals surface area contributed by atoms with E-state index in [1.807, 2.05) is 30.3 Å². The topological polar surface area (TPSA) is 106 Å². The van der Waals surface area contributed by atoms with Gasteiger partial charge in [0, 0.05) is 30.0 Å². The molecule has 0 bridgehead atoms. The molecule has 11 heteroatoms. The van der Waals surface area contributed by atoms with E-state index in [0.29, 0.717) is 19.8 Å². The van der Waals surface area contributed by atoms with Gasteiger partial charge in [0.05, 0.1) is 13.0 Å². The molecule has 0 radical (unpaired) electrons. The summed E-state index contributed by atoms with van der Waals surface area (Å²) in [5.74, 6) is -0.803. The van der Waals surface area contributed by atoms with Crippen molar-refractivity contribution in [2.75, 3.05) is 32.8 Å². The van der Waals surface area contributed by atoms with Crippen LogP contribution in [0.3, 0.4) is 0 Å². The standard InChI is InChI=1S/C24H27NO5.C2HF3O2/c26-23(27)7-10-25-11-8-24(9-12-25)16-29-22-14-18(5-6-20(22)24)28-15-19-13-17-3-1-2-4-21(17)30-19;3-2(4,5)1(6)7/h1-6,14,19H,7-13,15-16H2,(H,26,27);(H,6,7). The van der Waals surface area contributed by atoms with Gasteiger partial charge in [-0.1, -0.05) is 24.3 Å². The van der Waals surface area contributed by atoms with Gasteiger partial charge in [-0.25, -0.2) is 4.79 Å². The number of benzene rings is 2. The molecule has 3 aliphatic heterocycles. The average Bonchev–Trinajstić information content (AvgIpc) is 3.43. The number of nitrogens with zero attached hydrogens (tertiary/aromatic N) is 1. The summed E-state index contributed by atoms with van der Waals surface area (Å²) in [6.45, 7) is 3.65. The lowest BCUT2D eigenvalue weighted by Crippen LogP contribution is -2.44. The van der Waals surface area contributed by atoms with E-state index in [1.165, 1.54) is 11.1 Å². The maximum absolute atomic E-state index is 10.8. The number of hydrogen-bond acceptors (Lipinski definition) is 6. The maximum atomic E-state index is 10.8. The number of carbonyl (C=O) groups is 2. The van der Waals surface area contributed by atoms with Crippen LogP contribution in [0, 0.1) is 0 Å². The number of carboxylic acids is 2. The zero-order valence-electron chi connectivity index (χ0n) is 20.0. The first-order valence-corrected chi connectivity index (χ1v) is 11.9. The van der Waals surface area contributed by atoms with E-state index in [0.717, 1.165) is 49.6 Å². The Labute approximate surface area is 211 Å².